The maximum atomic E-state index is 12.7. The first kappa shape index (κ1) is 29.5. The minimum atomic E-state index is -1.31. The number of aliphatic hydroxyl groups excluding tert-OH is 1. The quantitative estimate of drug-likeness (QED) is 0.253. The summed E-state index contributed by atoms with van der Waals surface area (Å²) in [4.78, 5) is 13.0. The number of carbonyl (C=O) groups is 1. The molecule has 0 aromatic heterocycles. The Balaban J connectivity index is 0.00000120. The van der Waals surface area contributed by atoms with Gasteiger partial charge in [-0.25, -0.2) is 4.79 Å². The monoisotopic (exact) mass is 752 g/mol. The smallest absolute Gasteiger partial charge is 0.872 e. The molecule has 0 saturated heterocycles. The molecule has 31 heavy (non-hydrogen) atoms. The maximum Gasteiger partial charge on any atom is 1.00 e. The van der Waals surface area contributed by atoms with E-state index in [4.69, 9.17) is 9.47 Å². The van der Waals surface area contributed by atoms with Crippen molar-refractivity contribution in [2.75, 3.05) is 0 Å². The van der Waals surface area contributed by atoms with Crippen molar-refractivity contribution >= 4 is 96.9 Å². The standard InChI is InChI=1S/C20H9Br2O5.Hg.2Na.H2O/c21-13-5-11-17(7-15(13)23)26-18-8-16(24)14(22)6-12(18)20(11)10-4-2-1-3-9(10)19(25)27-20;;;;/h1-7,23-24H;;;;1H2/q;+1;;;/p-1. The van der Waals surface area contributed by atoms with Gasteiger partial charge in [0.2, 0.25) is 0 Å². The molecule has 1 atom stereocenters. The molecule has 2 aromatic carbocycles. The fourth-order valence-corrected chi connectivity index (χ4v) is 4.28. The first-order valence-electron chi connectivity index (χ1n) is 7.89. The van der Waals surface area contributed by atoms with Crippen LogP contribution in [-0.2, 0) is 38.0 Å². The first-order valence-corrected chi connectivity index (χ1v) is 9.47. The van der Waals surface area contributed by atoms with Gasteiger partial charge in [-0.3, -0.25) is 0 Å². The summed E-state index contributed by atoms with van der Waals surface area (Å²) in [6.07, 6.45) is 1.64. The van der Waals surface area contributed by atoms with E-state index in [1.165, 1.54) is 6.07 Å². The molecular formula is C20H10Br2HgNa2O6. The van der Waals surface area contributed by atoms with Crippen LogP contribution in [0, 0.1) is 4.83 Å². The number of esters is 1. The van der Waals surface area contributed by atoms with E-state index < -0.39 is 11.6 Å². The topological polar surface area (TPSA) is 110 Å². The van der Waals surface area contributed by atoms with Gasteiger partial charge in [0.1, 0.15) is 10.6 Å². The number of hydrogen-bond acceptors (Lipinski definition) is 5. The summed E-state index contributed by atoms with van der Waals surface area (Å²) in [7, 11) is 0. The SMILES string of the molecule is O.O=C1OC2(C3=C[C](Br)C(O)=C=C3Oc3cc([O-])c(Br)cc32)c2ccccc21.[Hg+].[Na].[Na]. The van der Waals surface area contributed by atoms with Crippen LogP contribution in [0.1, 0.15) is 21.5 Å². The van der Waals surface area contributed by atoms with E-state index in [0.717, 1.165) is 0 Å². The molecule has 11 heteroatoms. The molecule has 4 radical (unpaired) electrons. The van der Waals surface area contributed by atoms with Crippen LogP contribution in [0.15, 0.2) is 69.8 Å². The van der Waals surface area contributed by atoms with Gasteiger partial charge in [-0.2, -0.15) is 0 Å². The zero-order valence-corrected chi connectivity index (χ0v) is 29.3. The molecule has 0 bridgehead atoms. The summed E-state index contributed by atoms with van der Waals surface area (Å²) >= 11 is 6.55. The molecule has 0 fully saturated rings. The Kier molecular flexibility index (Phi) is 10.2. The Hall–Kier alpha value is 0.425. The van der Waals surface area contributed by atoms with E-state index in [1.54, 1.807) is 30.3 Å². The van der Waals surface area contributed by atoms with Crippen LogP contribution in [0.4, 0.5) is 0 Å². The summed E-state index contributed by atoms with van der Waals surface area (Å²) < 4.78 is 12.1. The van der Waals surface area contributed by atoms with Crippen molar-refractivity contribution < 1.29 is 57.6 Å². The number of benzene rings is 2. The number of aliphatic hydroxyl groups is 1. The fourth-order valence-electron chi connectivity index (χ4n) is 3.60. The van der Waals surface area contributed by atoms with Gasteiger partial charge in [-0.1, -0.05) is 55.8 Å². The van der Waals surface area contributed by atoms with E-state index in [9.17, 15) is 15.0 Å². The Morgan fingerprint density at radius 1 is 1.10 bits per heavy atom. The van der Waals surface area contributed by atoms with Gasteiger partial charge < -0.3 is 25.2 Å². The van der Waals surface area contributed by atoms with Crippen molar-refractivity contribution in [3.05, 3.63) is 91.3 Å². The normalized spacial score (nSPS) is 19.8. The molecule has 2 heterocycles. The van der Waals surface area contributed by atoms with Crippen LogP contribution in [0.3, 0.4) is 0 Å². The van der Waals surface area contributed by atoms with Gasteiger partial charge in [-0.05, 0) is 30.0 Å². The fraction of sp³-hybridized carbons (Fsp3) is 0.0500. The predicted molar refractivity (Wildman–Crippen MR) is 115 cm³/mol. The number of halogens is 2. The molecule has 0 amide bonds. The van der Waals surface area contributed by atoms with Crippen molar-refractivity contribution in [2.45, 2.75) is 5.60 Å². The summed E-state index contributed by atoms with van der Waals surface area (Å²) in [6.45, 7) is 0. The van der Waals surface area contributed by atoms with Crippen LogP contribution < -0.4 is 9.84 Å². The van der Waals surface area contributed by atoms with Crippen molar-refractivity contribution in [2.24, 2.45) is 0 Å². The summed E-state index contributed by atoms with van der Waals surface area (Å²) in [5, 5.41) is 22.2. The van der Waals surface area contributed by atoms with Crippen LogP contribution >= 0.6 is 31.9 Å². The van der Waals surface area contributed by atoms with Crippen molar-refractivity contribution in [3.63, 3.8) is 0 Å². The Morgan fingerprint density at radius 2 is 1.77 bits per heavy atom. The van der Waals surface area contributed by atoms with E-state index in [2.05, 4.69) is 37.6 Å². The van der Waals surface area contributed by atoms with Gasteiger partial charge in [0.15, 0.2) is 17.1 Å². The van der Waals surface area contributed by atoms with E-state index in [1.807, 2.05) is 6.07 Å². The number of ether oxygens (including phenoxy) is 2. The van der Waals surface area contributed by atoms with E-state index in [-0.39, 0.29) is 115 Å². The molecule has 1 spiro atoms. The van der Waals surface area contributed by atoms with Crippen molar-refractivity contribution in [1.29, 1.82) is 0 Å². The zero-order valence-electron chi connectivity index (χ0n) is 16.6. The van der Waals surface area contributed by atoms with Crippen LogP contribution in [-0.4, -0.2) is 75.7 Å². The average molecular weight is 753 g/mol. The first-order chi connectivity index (χ1) is 12.9. The van der Waals surface area contributed by atoms with E-state index in [0.29, 0.717) is 31.6 Å². The number of carbonyl (C=O) groups excluding carboxylic acids is 1. The predicted octanol–water partition coefficient (Wildman–Crippen LogP) is 2.53. The third kappa shape index (κ3) is 4.44. The molecule has 0 saturated carbocycles. The van der Waals surface area contributed by atoms with Gasteiger partial charge in [0, 0.05) is 74.7 Å². The minimum absolute atomic E-state index is 0. The summed E-state index contributed by atoms with van der Waals surface area (Å²) in [5.41, 5.74) is 3.54. The van der Waals surface area contributed by atoms with Gasteiger partial charge in [0.25, 0.3) is 0 Å². The molecule has 5 rings (SSSR count). The van der Waals surface area contributed by atoms with Crippen molar-refractivity contribution in [1.82, 2.24) is 0 Å². The second-order valence-corrected chi connectivity index (χ2v) is 7.91. The Bertz CT molecular complexity index is 1160. The maximum absolute atomic E-state index is 12.7. The van der Waals surface area contributed by atoms with Crippen LogP contribution in [0.25, 0.3) is 0 Å². The largest absolute Gasteiger partial charge is 1.00 e. The second-order valence-electron chi connectivity index (χ2n) is 6.21. The summed E-state index contributed by atoms with van der Waals surface area (Å²) in [6, 6.07) is 10.0. The molecule has 1 aliphatic carbocycles. The average Bonchev–Trinajstić information content (AvgIpc) is 2.93. The van der Waals surface area contributed by atoms with Crippen LogP contribution in [0.5, 0.6) is 11.5 Å². The Labute approximate surface area is 259 Å². The summed E-state index contributed by atoms with van der Waals surface area (Å²) in [5.74, 6) is -0.459. The number of fused-ring (bicyclic) bond motifs is 6. The van der Waals surface area contributed by atoms with Crippen molar-refractivity contribution in [3.8, 4) is 11.5 Å². The van der Waals surface area contributed by atoms with Gasteiger partial charge in [0.05, 0.1) is 11.1 Å². The molecule has 3 aliphatic rings. The Morgan fingerprint density at radius 3 is 2.48 bits per heavy atom. The molecule has 1 unspecified atom stereocenters. The van der Waals surface area contributed by atoms with Crippen LogP contribution in [0.2, 0.25) is 0 Å². The third-order valence-electron chi connectivity index (χ3n) is 4.75. The minimum Gasteiger partial charge on any atom is -0.872 e. The third-order valence-corrected chi connectivity index (χ3v) is 5.97. The molecule has 3 N–H and O–H groups in total. The number of rotatable bonds is 0. The second kappa shape index (κ2) is 10.8. The molecule has 6 nitrogen and oxygen atoms in total. The van der Waals surface area contributed by atoms with E-state index >= 15 is 0 Å². The number of hydrogen-bond donors (Lipinski definition) is 1. The molecule has 2 aliphatic heterocycles. The molecule has 2 aromatic rings. The molecular weight excluding hydrogens is 743 g/mol. The molecule has 144 valence electrons. The van der Waals surface area contributed by atoms with Gasteiger partial charge >= 0.3 is 33.6 Å². The zero-order chi connectivity index (χ0) is 18.9. The van der Waals surface area contributed by atoms with Gasteiger partial charge in [-0.15, -0.1) is 0 Å².